The second kappa shape index (κ2) is 45.4. The van der Waals surface area contributed by atoms with Gasteiger partial charge in [-0.1, -0.05) is 220 Å². The van der Waals surface area contributed by atoms with Crippen molar-refractivity contribution in [3.05, 3.63) is 0 Å². The molecule has 0 amide bonds. The molecule has 0 radical (unpaired) electrons. The number of carbonyl (C=O) groups excluding carboxylic acids is 2. The van der Waals surface area contributed by atoms with E-state index in [1.165, 1.54) is 206 Å². The SMILES string of the molecule is CCCCCCCCCCCCC(CCCCCCCCCC)COC(=O)CCN(CCCCCCOC(=O)C(CCCCCC)CCCCCCCC)CCN1CCCC1. The van der Waals surface area contributed by atoms with Gasteiger partial charge in [0, 0.05) is 19.6 Å². The second-order valence-corrected chi connectivity index (χ2v) is 19.6. The summed E-state index contributed by atoms with van der Waals surface area (Å²) in [4.78, 5) is 31.4. The lowest BCUT2D eigenvalue weighted by Crippen LogP contribution is -2.36. The first-order valence-electron chi connectivity index (χ1n) is 27.8. The molecule has 2 unspecified atom stereocenters. The molecule has 0 bridgehead atoms. The molecule has 0 aromatic rings. The zero-order valence-corrected chi connectivity index (χ0v) is 41.9. The van der Waals surface area contributed by atoms with Crippen LogP contribution in [-0.2, 0) is 19.1 Å². The average Bonchev–Trinajstić information content (AvgIpc) is 3.80. The van der Waals surface area contributed by atoms with Gasteiger partial charge in [0.05, 0.1) is 25.6 Å². The van der Waals surface area contributed by atoms with Crippen LogP contribution in [0.1, 0.15) is 278 Å². The molecule has 0 aliphatic carbocycles. The van der Waals surface area contributed by atoms with Crippen molar-refractivity contribution < 1.29 is 19.1 Å². The van der Waals surface area contributed by atoms with Crippen LogP contribution in [0.5, 0.6) is 0 Å². The molecule has 2 atom stereocenters. The molecule has 0 aromatic carbocycles. The molecule has 1 rings (SSSR count). The van der Waals surface area contributed by atoms with Crippen LogP contribution in [0.25, 0.3) is 0 Å². The van der Waals surface area contributed by atoms with E-state index in [9.17, 15) is 9.59 Å². The third-order valence-corrected chi connectivity index (χ3v) is 13.7. The van der Waals surface area contributed by atoms with Crippen molar-refractivity contribution in [2.45, 2.75) is 278 Å². The summed E-state index contributed by atoms with van der Waals surface area (Å²) in [5.41, 5.74) is 0. The summed E-state index contributed by atoms with van der Waals surface area (Å²) >= 11 is 0. The number of unbranched alkanes of at least 4 members (excludes halogenated alkanes) is 27. The molecule has 0 spiro atoms. The molecule has 1 heterocycles. The van der Waals surface area contributed by atoms with E-state index >= 15 is 0 Å². The minimum absolute atomic E-state index is 0.00264. The first-order valence-corrected chi connectivity index (χ1v) is 27.8. The van der Waals surface area contributed by atoms with Crippen LogP contribution in [-0.4, -0.2) is 74.2 Å². The van der Waals surface area contributed by atoms with Crippen molar-refractivity contribution in [2.24, 2.45) is 11.8 Å². The normalized spacial score (nSPS) is 14.2. The highest BCUT2D eigenvalue weighted by Gasteiger charge is 2.20. The van der Waals surface area contributed by atoms with Crippen molar-refractivity contribution in [1.29, 1.82) is 0 Å². The zero-order chi connectivity index (χ0) is 44.1. The van der Waals surface area contributed by atoms with Crippen molar-refractivity contribution in [2.75, 3.05) is 52.5 Å². The summed E-state index contributed by atoms with van der Waals surface area (Å²) < 4.78 is 11.9. The van der Waals surface area contributed by atoms with E-state index in [4.69, 9.17) is 9.47 Å². The maximum absolute atomic E-state index is 13.2. The third-order valence-electron chi connectivity index (χ3n) is 13.7. The summed E-state index contributed by atoms with van der Waals surface area (Å²) in [6.45, 7) is 16.7. The molecule has 0 aromatic heterocycles. The Labute approximate surface area is 382 Å². The van der Waals surface area contributed by atoms with E-state index in [1.54, 1.807) is 0 Å². The monoisotopic (exact) mass is 861 g/mol. The fourth-order valence-corrected chi connectivity index (χ4v) is 9.41. The predicted molar refractivity (Wildman–Crippen MR) is 265 cm³/mol. The Hall–Kier alpha value is -1.14. The van der Waals surface area contributed by atoms with E-state index < -0.39 is 0 Å². The van der Waals surface area contributed by atoms with Gasteiger partial charge in [-0.25, -0.2) is 0 Å². The lowest BCUT2D eigenvalue weighted by molar-refractivity contribution is -0.149. The van der Waals surface area contributed by atoms with Gasteiger partial charge in [-0.3, -0.25) is 9.59 Å². The highest BCUT2D eigenvalue weighted by Crippen LogP contribution is 2.23. The Morgan fingerprint density at radius 2 is 0.869 bits per heavy atom. The topological polar surface area (TPSA) is 59.1 Å². The number of ether oxygens (including phenoxy) is 2. The molecule has 61 heavy (non-hydrogen) atoms. The minimum atomic E-state index is -0.00264. The van der Waals surface area contributed by atoms with Gasteiger partial charge in [0.2, 0.25) is 0 Å². The molecular formula is C55H108N2O4. The smallest absolute Gasteiger partial charge is 0.308 e. The highest BCUT2D eigenvalue weighted by molar-refractivity contribution is 5.72. The lowest BCUT2D eigenvalue weighted by Gasteiger charge is -2.25. The number of rotatable bonds is 48. The second-order valence-electron chi connectivity index (χ2n) is 19.6. The summed E-state index contributed by atoms with van der Waals surface area (Å²) in [6.07, 6.45) is 48.8. The Morgan fingerprint density at radius 1 is 0.459 bits per heavy atom. The molecule has 1 fully saturated rings. The van der Waals surface area contributed by atoms with Gasteiger partial charge in [-0.15, -0.1) is 0 Å². The molecule has 1 aliphatic rings. The van der Waals surface area contributed by atoms with E-state index in [2.05, 4.69) is 37.5 Å². The van der Waals surface area contributed by atoms with Gasteiger partial charge in [0.15, 0.2) is 0 Å². The van der Waals surface area contributed by atoms with Crippen molar-refractivity contribution in [3.8, 4) is 0 Å². The van der Waals surface area contributed by atoms with Crippen LogP contribution in [0, 0.1) is 11.8 Å². The van der Waals surface area contributed by atoms with Gasteiger partial charge in [0.25, 0.3) is 0 Å². The number of esters is 2. The third kappa shape index (κ3) is 37.9. The van der Waals surface area contributed by atoms with Gasteiger partial charge >= 0.3 is 11.9 Å². The lowest BCUT2D eigenvalue weighted by atomic mass is 9.94. The Bertz CT molecular complexity index is 924. The molecule has 1 aliphatic heterocycles. The molecule has 362 valence electrons. The average molecular weight is 861 g/mol. The van der Waals surface area contributed by atoms with E-state index in [0.717, 1.165) is 77.5 Å². The van der Waals surface area contributed by atoms with Gasteiger partial charge < -0.3 is 19.3 Å². The van der Waals surface area contributed by atoms with Crippen LogP contribution in [0.4, 0.5) is 0 Å². The van der Waals surface area contributed by atoms with Gasteiger partial charge in [-0.05, 0) is 76.9 Å². The summed E-state index contributed by atoms with van der Waals surface area (Å²) in [7, 11) is 0. The number of likely N-dealkylation sites (tertiary alicyclic amines) is 1. The Balaban J connectivity index is 2.49. The standard InChI is InChI=1S/C55H108N2O4/c1-5-9-13-17-20-22-23-25-27-32-40-52(39-31-26-24-21-18-14-10-6-2)51-61-54(58)43-47-57(49-48-56-45-36-37-46-56)44-35-29-30-38-50-60-55(59)53(41-33-16-12-8-4)42-34-28-19-15-11-7-3/h52-53H,5-51H2,1-4H3. The van der Waals surface area contributed by atoms with Gasteiger partial charge in [0.1, 0.15) is 0 Å². The Kier molecular flexibility index (Phi) is 43.1. The summed E-state index contributed by atoms with van der Waals surface area (Å²) in [5, 5.41) is 0. The van der Waals surface area contributed by atoms with Crippen molar-refractivity contribution in [3.63, 3.8) is 0 Å². The Morgan fingerprint density at radius 3 is 1.36 bits per heavy atom. The molecule has 6 heteroatoms. The first kappa shape index (κ1) is 57.9. The molecule has 0 saturated carbocycles. The fraction of sp³-hybridized carbons (Fsp3) is 0.964. The number of hydrogen-bond donors (Lipinski definition) is 0. The van der Waals surface area contributed by atoms with E-state index in [1.807, 2.05) is 0 Å². The maximum Gasteiger partial charge on any atom is 0.308 e. The summed E-state index contributed by atoms with van der Waals surface area (Å²) in [6, 6.07) is 0. The number of carbonyl (C=O) groups is 2. The molecule has 0 N–H and O–H groups in total. The first-order chi connectivity index (χ1) is 30.0. The van der Waals surface area contributed by atoms with E-state index in [-0.39, 0.29) is 17.9 Å². The quantitative estimate of drug-likeness (QED) is 0.0449. The molecular weight excluding hydrogens is 753 g/mol. The predicted octanol–water partition coefficient (Wildman–Crippen LogP) is 16.2. The van der Waals surface area contributed by atoms with Crippen LogP contribution >= 0.6 is 0 Å². The van der Waals surface area contributed by atoms with E-state index in [0.29, 0.717) is 25.6 Å². The fourth-order valence-electron chi connectivity index (χ4n) is 9.41. The maximum atomic E-state index is 13.2. The van der Waals surface area contributed by atoms with Crippen LogP contribution in [0.15, 0.2) is 0 Å². The summed E-state index contributed by atoms with van der Waals surface area (Å²) in [5.74, 6) is 0.658. The molecule has 1 saturated heterocycles. The number of hydrogen-bond acceptors (Lipinski definition) is 6. The minimum Gasteiger partial charge on any atom is -0.465 e. The number of nitrogens with zero attached hydrogens (tertiary/aromatic N) is 2. The zero-order valence-electron chi connectivity index (χ0n) is 41.9. The van der Waals surface area contributed by atoms with Crippen LogP contribution < -0.4 is 0 Å². The molecule has 6 nitrogen and oxygen atoms in total. The highest BCUT2D eigenvalue weighted by atomic mass is 16.5. The largest absolute Gasteiger partial charge is 0.465 e. The van der Waals surface area contributed by atoms with Crippen molar-refractivity contribution in [1.82, 2.24) is 9.80 Å². The van der Waals surface area contributed by atoms with Crippen LogP contribution in [0.2, 0.25) is 0 Å². The van der Waals surface area contributed by atoms with Crippen LogP contribution in [0.3, 0.4) is 0 Å². The van der Waals surface area contributed by atoms with Crippen molar-refractivity contribution >= 4 is 11.9 Å². The van der Waals surface area contributed by atoms with Gasteiger partial charge in [-0.2, -0.15) is 0 Å².